The topological polar surface area (TPSA) is 20.2 Å². The van der Waals surface area contributed by atoms with Crippen molar-refractivity contribution in [3.63, 3.8) is 0 Å². The number of aromatic hydroxyl groups is 1. The average molecular weight is 290 g/mol. The fourth-order valence-electron chi connectivity index (χ4n) is 1.17. The Balaban J connectivity index is 2.53. The lowest BCUT2D eigenvalue weighted by molar-refractivity contribution is 0.476. The number of benzene rings is 1. The third-order valence-corrected chi connectivity index (χ3v) is 3.89. The zero-order valence-electron chi connectivity index (χ0n) is 7.00. The van der Waals surface area contributed by atoms with Crippen LogP contribution in [0.4, 0.5) is 0 Å². The highest BCUT2D eigenvalue weighted by atomic mass is 79.9. The zero-order valence-corrected chi connectivity index (χ0v) is 10.2. The van der Waals surface area contributed by atoms with Gasteiger partial charge in [0.1, 0.15) is 5.75 Å². The van der Waals surface area contributed by atoms with Crippen molar-refractivity contribution < 1.29 is 5.11 Å². The molecule has 0 saturated heterocycles. The Morgan fingerprint density at radius 1 is 1.29 bits per heavy atom. The average Bonchev–Trinajstić information content (AvgIpc) is 2.57. The summed E-state index contributed by atoms with van der Waals surface area (Å²) in [4.78, 5) is 0. The van der Waals surface area contributed by atoms with Gasteiger partial charge in [0.05, 0.1) is 5.02 Å². The molecular formula is C10H6BrClOS. The summed E-state index contributed by atoms with van der Waals surface area (Å²) in [6.07, 6.45) is 0. The minimum absolute atomic E-state index is 0.113. The van der Waals surface area contributed by atoms with Crippen molar-refractivity contribution in [3.8, 4) is 16.9 Å². The van der Waals surface area contributed by atoms with Crippen LogP contribution in [0.25, 0.3) is 11.1 Å². The molecule has 4 heteroatoms. The molecule has 72 valence electrons. The Morgan fingerprint density at radius 2 is 2.07 bits per heavy atom. The van der Waals surface area contributed by atoms with E-state index in [0.717, 1.165) is 15.6 Å². The van der Waals surface area contributed by atoms with Gasteiger partial charge in [-0.05, 0) is 39.0 Å². The van der Waals surface area contributed by atoms with E-state index in [1.54, 1.807) is 23.5 Å². The van der Waals surface area contributed by atoms with Crippen LogP contribution in [-0.2, 0) is 0 Å². The van der Waals surface area contributed by atoms with Crippen LogP contribution in [0.15, 0.2) is 33.4 Å². The van der Waals surface area contributed by atoms with Crippen molar-refractivity contribution in [2.75, 3.05) is 0 Å². The molecule has 0 atom stereocenters. The Bertz CT molecular complexity index is 467. The maximum atomic E-state index is 9.45. The molecular weight excluding hydrogens is 284 g/mol. The molecule has 2 rings (SSSR count). The van der Waals surface area contributed by atoms with Crippen LogP contribution in [0.2, 0.25) is 5.02 Å². The Morgan fingerprint density at radius 3 is 2.64 bits per heavy atom. The molecule has 0 aliphatic rings. The van der Waals surface area contributed by atoms with Crippen molar-refractivity contribution in [2.45, 2.75) is 0 Å². The van der Waals surface area contributed by atoms with E-state index in [9.17, 15) is 5.11 Å². The predicted octanol–water partition coefficient (Wildman–Crippen LogP) is 4.54. The Labute approximate surface area is 99.1 Å². The fourth-order valence-corrected chi connectivity index (χ4v) is 2.82. The standard InChI is InChI=1S/C10H6BrClOS/c11-8-5-14-4-7(8)6-1-2-9(12)10(13)3-6/h1-5,13H. The van der Waals surface area contributed by atoms with Gasteiger partial charge in [-0.25, -0.2) is 0 Å². The predicted molar refractivity (Wildman–Crippen MR) is 64.1 cm³/mol. The van der Waals surface area contributed by atoms with Gasteiger partial charge in [-0.15, -0.1) is 0 Å². The number of hydrogen-bond donors (Lipinski definition) is 1. The van der Waals surface area contributed by atoms with Gasteiger partial charge in [0, 0.05) is 15.4 Å². The highest BCUT2D eigenvalue weighted by Crippen LogP contribution is 2.35. The molecule has 0 aliphatic heterocycles. The van der Waals surface area contributed by atoms with Gasteiger partial charge in [-0.1, -0.05) is 17.7 Å². The van der Waals surface area contributed by atoms with Crippen LogP contribution in [0, 0.1) is 0 Å². The first-order chi connectivity index (χ1) is 6.68. The second-order valence-corrected chi connectivity index (χ2v) is 4.80. The maximum absolute atomic E-state index is 9.45. The second-order valence-electron chi connectivity index (χ2n) is 2.80. The molecule has 1 aromatic heterocycles. The number of halogens is 2. The smallest absolute Gasteiger partial charge is 0.134 e. The highest BCUT2D eigenvalue weighted by molar-refractivity contribution is 9.10. The molecule has 0 saturated carbocycles. The lowest BCUT2D eigenvalue weighted by Crippen LogP contribution is -1.75. The van der Waals surface area contributed by atoms with E-state index in [0.29, 0.717) is 5.02 Å². The summed E-state index contributed by atoms with van der Waals surface area (Å²) < 4.78 is 1.03. The van der Waals surface area contributed by atoms with Crippen LogP contribution in [0.1, 0.15) is 0 Å². The summed E-state index contributed by atoms with van der Waals surface area (Å²) >= 11 is 10.8. The maximum Gasteiger partial charge on any atom is 0.134 e. The monoisotopic (exact) mass is 288 g/mol. The number of phenolic OH excluding ortho intramolecular Hbond substituents is 1. The molecule has 0 unspecified atom stereocenters. The van der Waals surface area contributed by atoms with E-state index in [1.165, 1.54) is 0 Å². The van der Waals surface area contributed by atoms with Gasteiger partial charge in [-0.2, -0.15) is 11.3 Å². The molecule has 0 aliphatic carbocycles. The van der Waals surface area contributed by atoms with E-state index in [2.05, 4.69) is 15.9 Å². The SMILES string of the molecule is Oc1cc(-c2cscc2Br)ccc1Cl. The van der Waals surface area contributed by atoms with Gasteiger partial charge in [0.2, 0.25) is 0 Å². The minimum atomic E-state index is 0.113. The minimum Gasteiger partial charge on any atom is -0.506 e. The van der Waals surface area contributed by atoms with Crippen molar-refractivity contribution in [3.05, 3.63) is 38.5 Å². The molecule has 1 aromatic carbocycles. The van der Waals surface area contributed by atoms with Crippen molar-refractivity contribution in [2.24, 2.45) is 0 Å². The van der Waals surface area contributed by atoms with Gasteiger partial charge in [-0.3, -0.25) is 0 Å². The molecule has 1 nitrogen and oxygen atoms in total. The number of phenols is 1. The lowest BCUT2D eigenvalue weighted by Gasteiger charge is -2.01. The van der Waals surface area contributed by atoms with Crippen LogP contribution < -0.4 is 0 Å². The fraction of sp³-hybridized carbons (Fsp3) is 0. The van der Waals surface area contributed by atoms with E-state index in [1.807, 2.05) is 16.8 Å². The molecule has 14 heavy (non-hydrogen) atoms. The first kappa shape index (κ1) is 10.0. The number of thiophene rings is 1. The zero-order chi connectivity index (χ0) is 10.1. The third-order valence-electron chi connectivity index (χ3n) is 1.87. The lowest BCUT2D eigenvalue weighted by atomic mass is 10.1. The van der Waals surface area contributed by atoms with E-state index in [4.69, 9.17) is 11.6 Å². The first-order valence-electron chi connectivity index (χ1n) is 3.89. The quantitative estimate of drug-likeness (QED) is 0.817. The van der Waals surface area contributed by atoms with Crippen molar-refractivity contribution in [1.29, 1.82) is 0 Å². The Kier molecular flexibility index (Phi) is 2.81. The van der Waals surface area contributed by atoms with Crippen LogP contribution in [0.5, 0.6) is 5.75 Å². The normalized spacial score (nSPS) is 10.4. The molecule has 0 spiro atoms. The largest absolute Gasteiger partial charge is 0.506 e. The molecule has 0 bridgehead atoms. The van der Waals surface area contributed by atoms with Crippen LogP contribution >= 0.6 is 38.9 Å². The molecule has 1 heterocycles. The second kappa shape index (κ2) is 3.93. The molecule has 2 aromatic rings. The summed E-state index contributed by atoms with van der Waals surface area (Å²) in [5.41, 5.74) is 2.03. The molecule has 0 radical (unpaired) electrons. The number of hydrogen-bond acceptors (Lipinski definition) is 2. The summed E-state index contributed by atoms with van der Waals surface area (Å²) in [7, 11) is 0. The van der Waals surface area contributed by atoms with Crippen molar-refractivity contribution >= 4 is 38.9 Å². The van der Waals surface area contributed by atoms with Gasteiger partial charge < -0.3 is 5.11 Å². The molecule has 0 amide bonds. The summed E-state index contributed by atoms with van der Waals surface area (Å²) in [5.74, 6) is 0.113. The van der Waals surface area contributed by atoms with Crippen LogP contribution in [-0.4, -0.2) is 5.11 Å². The van der Waals surface area contributed by atoms with E-state index in [-0.39, 0.29) is 5.75 Å². The summed E-state index contributed by atoms with van der Waals surface area (Å²) in [5, 5.41) is 13.8. The van der Waals surface area contributed by atoms with Crippen molar-refractivity contribution in [1.82, 2.24) is 0 Å². The first-order valence-corrected chi connectivity index (χ1v) is 6.00. The summed E-state index contributed by atoms with van der Waals surface area (Å²) in [6.45, 7) is 0. The highest BCUT2D eigenvalue weighted by Gasteiger charge is 2.06. The molecule has 1 N–H and O–H groups in total. The van der Waals surface area contributed by atoms with Gasteiger partial charge >= 0.3 is 0 Å². The van der Waals surface area contributed by atoms with Gasteiger partial charge in [0.25, 0.3) is 0 Å². The van der Waals surface area contributed by atoms with Crippen LogP contribution in [0.3, 0.4) is 0 Å². The third kappa shape index (κ3) is 1.80. The van der Waals surface area contributed by atoms with E-state index < -0.39 is 0 Å². The van der Waals surface area contributed by atoms with Gasteiger partial charge in [0.15, 0.2) is 0 Å². The summed E-state index contributed by atoms with van der Waals surface area (Å²) in [6, 6.07) is 5.24. The Hall–Kier alpha value is -0.510. The number of rotatable bonds is 1. The molecule has 0 fully saturated rings. The van der Waals surface area contributed by atoms with E-state index >= 15 is 0 Å².